The number of hydrogen-bond donors (Lipinski definition) is 0. The highest BCUT2D eigenvalue weighted by Gasteiger charge is 2.27. The van der Waals surface area contributed by atoms with Crippen LogP contribution in [0.25, 0.3) is 11.2 Å². The van der Waals surface area contributed by atoms with Crippen LogP contribution in [0.15, 0.2) is 18.3 Å². The van der Waals surface area contributed by atoms with E-state index in [2.05, 4.69) is 30.3 Å². The Kier molecular flexibility index (Phi) is 6.15. The predicted octanol–water partition coefficient (Wildman–Crippen LogP) is 3.61. The molecule has 1 aliphatic rings. The molecule has 6 nitrogen and oxygen atoms in total. The highest BCUT2D eigenvalue weighted by molar-refractivity contribution is 5.76. The molecule has 0 spiro atoms. The average molecular weight is 373 g/mol. The van der Waals surface area contributed by atoms with Gasteiger partial charge in [-0.1, -0.05) is 13.8 Å². The fourth-order valence-corrected chi connectivity index (χ4v) is 3.85. The second-order valence-corrected chi connectivity index (χ2v) is 8.45. The summed E-state index contributed by atoms with van der Waals surface area (Å²) in [7, 11) is 1.71. The Balaban J connectivity index is 1.63. The lowest BCUT2D eigenvalue weighted by molar-refractivity contribution is -0.133. The normalized spacial score (nSPS) is 18.0. The topological polar surface area (TPSA) is 60.2 Å². The first-order valence-electron chi connectivity index (χ1n) is 10.00. The van der Waals surface area contributed by atoms with Gasteiger partial charge in [-0.3, -0.25) is 4.79 Å². The molecule has 27 heavy (non-hydrogen) atoms. The summed E-state index contributed by atoms with van der Waals surface area (Å²) < 4.78 is 7.49. The third-order valence-corrected chi connectivity index (χ3v) is 5.63. The Hall–Kier alpha value is -1.95. The van der Waals surface area contributed by atoms with Crippen LogP contribution >= 0.6 is 0 Å². The van der Waals surface area contributed by atoms with Crippen molar-refractivity contribution in [2.75, 3.05) is 26.8 Å². The minimum atomic E-state index is 0.157. The number of carbonyl (C=O) groups excluding carboxylic acids is 1. The summed E-state index contributed by atoms with van der Waals surface area (Å²) in [5, 5.41) is 0. The summed E-state index contributed by atoms with van der Waals surface area (Å²) >= 11 is 0. The van der Waals surface area contributed by atoms with Gasteiger partial charge >= 0.3 is 0 Å². The first kappa shape index (κ1) is 19.8. The number of piperidine rings is 1. The molecule has 2 aromatic heterocycles. The fourth-order valence-electron chi connectivity index (χ4n) is 3.85. The van der Waals surface area contributed by atoms with Gasteiger partial charge in [0.1, 0.15) is 11.3 Å². The van der Waals surface area contributed by atoms with Crippen molar-refractivity contribution >= 4 is 17.1 Å². The summed E-state index contributed by atoms with van der Waals surface area (Å²) in [4.78, 5) is 23.9. The van der Waals surface area contributed by atoms with Crippen molar-refractivity contribution in [1.29, 1.82) is 0 Å². The quantitative estimate of drug-likeness (QED) is 0.745. The number of rotatable bonds is 7. The average Bonchev–Trinajstić information content (AvgIpc) is 3.00. The minimum absolute atomic E-state index is 0.157. The van der Waals surface area contributed by atoms with Crippen LogP contribution in [0.5, 0.6) is 0 Å². The first-order valence-corrected chi connectivity index (χ1v) is 10.00. The molecule has 3 rings (SSSR count). The zero-order valence-electron chi connectivity index (χ0n) is 17.1. The van der Waals surface area contributed by atoms with Crippen LogP contribution in [0, 0.1) is 5.41 Å². The third-order valence-electron chi connectivity index (χ3n) is 5.63. The molecule has 0 radical (unpaired) electrons. The van der Waals surface area contributed by atoms with Gasteiger partial charge in [0.25, 0.3) is 0 Å². The molecule has 1 amide bonds. The van der Waals surface area contributed by atoms with Crippen molar-refractivity contribution in [3.05, 3.63) is 24.2 Å². The molecule has 2 aromatic rings. The Morgan fingerprint density at radius 2 is 2.07 bits per heavy atom. The Bertz CT molecular complexity index is 774. The van der Waals surface area contributed by atoms with Gasteiger partial charge in [0.2, 0.25) is 5.91 Å². The molecule has 1 aliphatic heterocycles. The maximum atomic E-state index is 12.6. The largest absolute Gasteiger partial charge is 0.383 e. The Morgan fingerprint density at radius 1 is 1.33 bits per heavy atom. The van der Waals surface area contributed by atoms with Crippen LogP contribution in [-0.2, 0) is 16.0 Å². The summed E-state index contributed by atoms with van der Waals surface area (Å²) in [5.74, 6) is 1.26. The predicted molar refractivity (Wildman–Crippen MR) is 107 cm³/mol. The zero-order chi connectivity index (χ0) is 19.4. The molecule has 6 heteroatoms. The second-order valence-electron chi connectivity index (χ2n) is 8.45. The monoisotopic (exact) mass is 372 g/mol. The number of pyridine rings is 1. The molecule has 1 fully saturated rings. The highest BCUT2D eigenvalue weighted by Crippen LogP contribution is 2.30. The van der Waals surface area contributed by atoms with Crippen molar-refractivity contribution in [2.45, 2.75) is 58.9 Å². The SMILES string of the molecule is COC[C@H](C)n1c(CCCC(=O)N2CCC(C)(C)CC2)nc2cccnc21. The van der Waals surface area contributed by atoms with Crippen LogP contribution in [0.1, 0.15) is 58.3 Å². The van der Waals surface area contributed by atoms with E-state index in [-0.39, 0.29) is 11.9 Å². The number of fused-ring (bicyclic) bond motifs is 1. The number of ether oxygens (including phenoxy) is 1. The summed E-state index contributed by atoms with van der Waals surface area (Å²) in [6.07, 6.45) is 6.14. The van der Waals surface area contributed by atoms with Crippen molar-refractivity contribution in [1.82, 2.24) is 19.4 Å². The Labute approximate surface area is 161 Å². The van der Waals surface area contributed by atoms with Crippen LogP contribution in [0.4, 0.5) is 0 Å². The molecular weight excluding hydrogens is 340 g/mol. The summed E-state index contributed by atoms with van der Waals surface area (Å²) in [6.45, 7) is 9.07. The van der Waals surface area contributed by atoms with E-state index in [0.29, 0.717) is 18.4 Å². The third kappa shape index (κ3) is 4.67. The number of aromatic nitrogens is 3. The van der Waals surface area contributed by atoms with Gasteiger partial charge in [-0.2, -0.15) is 0 Å². The first-order chi connectivity index (χ1) is 12.9. The van der Waals surface area contributed by atoms with Gasteiger partial charge in [-0.15, -0.1) is 0 Å². The van der Waals surface area contributed by atoms with E-state index < -0.39 is 0 Å². The molecule has 148 valence electrons. The Morgan fingerprint density at radius 3 is 2.78 bits per heavy atom. The van der Waals surface area contributed by atoms with Crippen molar-refractivity contribution < 1.29 is 9.53 Å². The smallest absolute Gasteiger partial charge is 0.222 e. The number of aryl methyl sites for hydroxylation is 1. The van der Waals surface area contributed by atoms with Crippen molar-refractivity contribution in [3.63, 3.8) is 0 Å². The fraction of sp³-hybridized carbons (Fsp3) is 0.667. The van der Waals surface area contributed by atoms with Gasteiger partial charge in [-0.25, -0.2) is 9.97 Å². The summed E-state index contributed by atoms with van der Waals surface area (Å²) in [5.41, 5.74) is 2.16. The van der Waals surface area contributed by atoms with E-state index in [4.69, 9.17) is 9.72 Å². The molecule has 0 aliphatic carbocycles. The maximum absolute atomic E-state index is 12.6. The molecule has 0 saturated carbocycles. The number of likely N-dealkylation sites (tertiary alicyclic amines) is 1. The highest BCUT2D eigenvalue weighted by atomic mass is 16.5. The van der Waals surface area contributed by atoms with Gasteiger partial charge in [0.15, 0.2) is 5.65 Å². The number of methoxy groups -OCH3 is 1. The molecule has 1 saturated heterocycles. The molecule has 0 N–H and O–H groups in total. The number of hydrogen-bond acceptors (Lipinski definition) is 4. The van der Waals surface area contributed by atoms with Gasteiger partial charge in [-0.05, 0) is 43.7 Å². The minimum Gasteiger partial charge on any atom is -0.383 e. The standard InChI is InChI=1S/C21H32N4O2/c1-16(15-27-4)25-18(23-17-7-6-12-22-20(17)25)8-5-9-19(26)24-13-10-21(2,3)11-14-24/h6-7,12,16H,5,8-11,13-15H2,1-4H3/t16-/m0/s1. The molecule has 0 unspecified atom stereocenters. The van der Waals surface area contributed by atoms with E-state index in [0.717, 1.165) is 55.8 Å². The van der Waals surface area contributed by atoms with Crippen LogP contribution < -0.4 is 0 Å². The van der Waals surface area contributed by atoms with Gasteiger partial charge in [0, 0.05) is 39.2 Å². The van der Waals surface area contributed by atoms with E-state index in [1.165, 1.54) is 0 Å². The number of amides is 1. The number of imidazole rings is 1. The zero-order valence-corrected chi connectivity index (χ0v) is 17.1. The second kappa shape index (κ2) is 8.38. The van der Waals surface area contributed by atoms with Crippen molar-refractivity contribution in [3.8, 4) is 0 Å². The van der Waals surface area contributed by atoms with Gasteiger partial charge < -0.3 is 14.2 Å². The number of nitrogens with zero attached hydrogens (tertiary/aromatic N) is 4. The van der Waals surface area contributed by atoms with E-state index in [1.807, 2.05) is 17.0 Å². The molecular formula is C21H32N4O2. The lowest BCUT2D eigenvalue weighted by Crippen LogP contribution is -2.41. The van der Waals surface area contributed by atoms with E-state index >= 15 is 0 Å². The van der Waals surface area contributed by atoms with Crippen LogP contribution in [0.2, 0.25) is 0 Å². The molecule has 3 heterocycles. The number of carbonyl (C=O) groups is 1. The van der Waals surface area contributed by atoms with E-state index in [1.54, 1.807) is 13.3 Å². The molecule has 0 bridgehead atoms. The molecule has 0 aromatic carbocycles. The molecule has 1 atom stereocenters. The maximum Gasteiger partial charge on any atom is 0.222 e. The van der Waals surface area contributed by atoms with Crippen LogP contribution in [-0.4, -0.2) is 52.1 Å². The lowest BCUT2D eigenvalue weighted by atomic mass is 9.82. The van der Waals surface area contributed by atoms with E-state index in [9.17, 15) is 4.79 Å². The van der Waals surface area contributed by atoms with Crippen molar-refractivity contribution in [2.24, 2.45) is 5.41 Å². The lowest BCUT2D eigenvalue weighted by Gasteiger charge is -2.37. The van der Waals surface area contributed by atoms with Gasteiger partial charge in [0.05, 0.1) is 12.6 Å². The summed E-state index contributed by atoms with van der Waals surface area (Å²) in [6, 6.07) is 4.05. The van der Waals surface area contributed by atoms with Crippen LogP contribution in [0.3, 0.4) is 0 Å².